The quantitative estimate of drug-likeness (QED) is 0.698. The lowest BCUT2D eigenvalue weighted by Crippen LogP contribution is -2.46. The third kappa shape index (κ3) is 3.47. The predicted molar refractivity (Wildman–Crippen MR) is 110 cm³/mol. The van der Waals surface area contributed by atoms with Crippen LogP contribution in [0.3, 0.4) is 0 Å². The van der Waals surface area contributed by atoms with Crippen LogP contribution in [0, 0.1) is 12.7 Å². The van der Waals surface area contributed by atoms with Gasteiger partial charge in [0.2, 0.25) is 0 Å². The molecule has 0 aliphatic carbocycles. The molecule has 4 rings (SSSR count). The molecule has 5 nitrogen and oxygen atoms in total. The van der Waals surface area contributed by atoms with E-state index in [1.165, 1.54) is 12.1 Å². The summed E-state index contributed by atoms with van der Waals surface area (Å²) in [4.78, 5) is 17.7. The smallest absolute Gasteiger partial charge is 0.276 e. The first-order valence-electron chi connectivity index (χ1n) is 9.60. The summed E-state index contributed by atoms with van der Waals surface area (Å²) in [6, 6.07) is 16.4. The van der Waals surface area contributed by atoms with Gasteiger partial charge in [0.25, 0.3) is 5.56 Å². The van der Waals surface area contributed by atoms with Gasteiger partial charge in [-0.15, -0.1) is 0 Å². The van der Waals surface area contributed by atoms with Gasteiger partial charge in [-0.25, -0.2) is 9.07 Å². The van der Waals surface area contributed by atoms with E-state index in [2.05, 4.69) is 9.80 Å². The van der Waals surface area contributed by atoms with Gasteiger partial charge in [0.15, 0.2) is 0 Å². The van der Waals surface area contributed by atoms with Crippen LogP contribution in [0.5, 0.6) is 0 Å². The molecule has 6 heteroatoms. The van der Waals surface area contributed by atoms with E-state index >= 15 is 0 Å². The van der Waals surface area contributed by atoms with E-state index in [0.717, 1.165) is 48.8 Å². The van der Waals surface area contributed by atoms with Crippen LogP contribution in [-0.4, -0.2) is 40.4 Å². The van der Waals surface area contributed by atoms with Gasteiger partial charge >= 0.3 is 0 Å². The van der Waals surface area contributed by atoms with Crippen molar-refractivity contribution in [2.24, 2.45) is 7.05 Å². The second-order valence-corrected chi connectivity index (χ2v) is 7.28. The molecule has 0 unspecified atom stereocenters. The maximum absolute atomic E-state index is 13.1. The Kier molecular flexibility index (Phi) is 5.05. The molecule has 0 atom stereocenters. The summed E-state index contributed by atoms with van der Waals surface area (Å²) in [5, 5.41) is 0. The van der Waals surface area contributed by atoms with Crippen LogP contribution in [0.25, 0.3) is 5.69 Å². The van der Waals surface area contributed by atoms with E-state index in [9.17, 15) is 9.18 Å². The Bertz CT molecular complexity index is 1000. The van der Waals surface area contributed by atoms with E-state index in [-0.39, 0.29) is 11.4 Å². The molecular weight excluding hydrogens is 355 g/mol. The van der Waals surface area contributed by atoms with Gasteiger partial charge in [0.05, 0.1) is 11.3 Å². The summed E-state index contributed by atoms with van der Waals surface area (Å²) >= 11 is 0. The Morgan fingerprint density at radius 1 is 0.893 bits per heavy atom. The number of nitrogens with zero attached hydrogens (tertiary/aromatic N) is 4. The standard InChI is InChI=1S/C22H25FN4O/c1-17-21(22(28)27(24(17)2)20-6-4-3-5-7-20)16-25-12-14-26(15-13-25)19-10-8-18(23)9-11-19/h3-11H,12-16H2,1-2H3. The normalized spacial score (nSPS) is 15.2. The average molecular weight is 380 g/mol. The topological polar surface area (TPSA) is 33.4 Å². The lowest BCUT2D eigenvalue weighted by Gasteiger charge is -2.36. The number of hydrogen-bond acceptors (Lipinski definition) is 3. The van der Waals surface area contributed by atoms with Crippen LogP contribution in [0.15, 0.2) is 59.4 Å². The van der Waals surface area contributed by atoms with Crippen LogP contribution in [0.2, 0.25) is 0 Å². The second kappa shape index (κ2) is 7.64. The minimum Gasteiger partial charge on any atom is -0.369 e. The molecule has 1 aliphatic rings. The van der Waals surface area contributed by atoms with Crippen molar-refractivity contribution in [2.45, 2.75) is 13.5 Å². The van der Waals surface area contributed by atoms with Gasteiger partial charge in [0, 0.05) is 51.2 Å². The van der Waals surface area contributed by atoms with Gasteiger partial charge < -0.3 is 4.90 Å². The highest BCUT2D eigenvalue weighted by Gasteiger charge is 2.22. The Hall–Kier alpha value is -2.86. The summed E-state index contributed by atoms with van der Waals surface area (Å²) in [5.74, 6) is -0.211. The molecule has 1 saturated heterocycles. The van der Waals surface area contributed by atoms with Crippen LogP contribution in [0.1, 0.15) is 11.3 Å². The molecule has 0 amide bonds. The lowest BCUT2D eigenvalue weighted by atomic mass is 10.2. The fraction of sp³-hybridized carbons (Fsp3) is 0.318. The second-order valence-electron chi connectivity index (χ2n) is 7.28. The van der Waals surface area contributed by atoms with Gasteiger partial charge in [-0.1, -0.05) is 18.2 Å². The molecule has 146 valence electrons. The van der Waals surface area contributed by atoms with E-state index in [0.29, 0.717) is 6.54 Å². The molecule has 0 radical (unpaired) electrons. The molecule has 28 heavy (non-hydrogen) atoms. The van der Waals surface area contributed by atoms with Crippen molar-refractivity contribution >= 4 is 5.69 Å². The zero-order valence-electron chi connectivity index (χ0n) is 16.3. The first-order valence-corrected chi connectivity index (χ1v) is 9.60. The SMILES string of the molecule is Cc1c(CN2CCN(c3ccc(F)cc3)CC2)c(=O)n(-c2ccccc2)n1C. The van der Waals surface area contributed by atoms with Gasteiger partial charge in [-0.05, 0) is 43.3 Å². The fourth-order valence-corrected chi connectivity index (χ4v) is 3.85. The van der Waals surface area contributed by atoms with E-state index in [4.69, 9.17) is 0 Å². The van der Waals surface area contributed by atoms with Crippen molar-refractivity contribution in [3.05, 3.63) is 82.0 Å². The maximum atomic E-state index is 13.1. The van der Waals surface area contributed by atoms with Crippen LogP contribution in [0.4, 0.5) is 10.1 Å². The summed E-state index contributed by atoms with van der Waals surface area (Å²) in [6.07, 6.45) is 0. The minimum atomic E-state index is -0.211. The molecule has 0 spiro atoms. The van der Waals surface area contributed by atoms with E-state index < -0.39 is 0 Å². The van der Waals surface area contributed by atoms with Crippen molar-refractivity contribution in [2.75, 3.05) is 31.1 Å². The Morgan fingerprint density at radius 2 is 1.54 bits per heavy atom. The highest BCUT2D eigenvalue weighted by atomic mass is 19.1. The molecule has 3 aromatic rings. The number of aromatic nitrogens is 2. The van der Waals surface area contributed by atoms with Crippen molar-refractivity contribution in [3.63, 3.8) is 0 Å². The maximum Gasteiger partial charge on any atom is 0.276 e. The van der Waals surface area contributed by atoms with Gasteiger partial charge in [-0.3, -0.25) is 14.4 Å². The molecule has 2 heterocycles. The number of anilines is 1. The molecule has 0 saturated carbocycles. The largest absolute Gasteiger partial charge is 0.369 e. The number of para-hydroxylation sites is 1. The molecular formula is C22H25FN4O. The Labute approximate surface area is 164 Å². The monoisotopic (exact) mass is 380 g/mol. The summed E-state index contributed by atoms with van der Waals surface area (Å²) in [5.41, 5.74) is 3.82. The molecule has 1 aromatic heterocycles. The third-order valence-corrected chi connectivity index (χ3v) is 5.62. The van der Waals surface area contributed by atoms with E-state index in [1.54, 1.807) is 4.68 Å². The molecule has 1 aliphatic heterocycles. The highest BCUT2D eigenvalue weighted by Crippen LogP contribution is 2.18. The lowest BCUT2D eigenvalue weighted by molar-refractivity contribution is 0.248. The van der Waals surface area contributed by atoms with Gasteiger partial charge in [-0.2, -0.15) is 0 Å². The molecule has 2 aromatic carbocycles. The summed E-state index contributed by atoms with van der Waals surface area (Å²) < 4.78 is 16.8. The Morgan fingerprint density at radius 3 is 2.18 bits per heavy atom. The van der Waals surface area contributed by atoms with Crippen LogP contribution in [-0.2, 0) is 13.6 Å². The van der Waals surface area contributed by atoms with E-state index in [1.807, 2.05) is 61.1 Å². The molecule has 1 fully saturated rings. The zero-order valence-corrected chi connectivity index (χ0v) is 16.3. The van der Waals surface area contributed by atoms with Gasteiger partial charge in [0.1, 0.15) is 5.82 Å². The number of halogens is 1. The molecule has 0 bridgehead atoms. The van der Waals surface area contributed by atoms with Crippen molar-refractivity contribution in [3.8, 4) is 5.69 Å². The first-order chi connectivity index (χ1) is 13.5. The van der Waals surface area contributed by atoms with Crippen molar-refractivity contribution in [1.29, 1.82) is 0 Å². The first kappa shape index (κ1) is 18.5. The Balaban J connectivity index is 1.49. The highest BCUT2D eigenvalue weighted by molar-refractivity contribution is 5.46. The van der Waals surface area contributed by atoms with Crippen LogP contribution >= 0.6 is 0 Å². The number of benzene rings is 2. The zero-order chi connectivity index (χ0) is 19.7. The number of rotatable bonds is 4. The predicted octanol–water partition coefficient (Wildman–Crippen LogP) is 2.95. The number of piperazine rings is 1. The molecule has 0 N–H and O–H groups in total. The summed E-state index contributed by atoms with van der Waals surface area (Å²) in [7, 11) is 1.93. The average Bonchev–Trinajstić information content (AvgIpc) is 2.93. The van der Waals surface area contributed by atoms with Crippen LogP contribution < -0.4 is 10.5 Å². The van der Waals surface area contributed by atoms with Crippen molar-refractivity contribution in [1.82, 2.24) is 14.3 Å². The summed E-state index contributed by atoms with van der Waals surface area (Å²) in [6.45, 7) is 6.13. The number of hydrogen-bond donors (Lipinski definition) is 0. The minimum absolute atomic E-state index is 0.0483. The fourth-order valence-electron chi connectivity index (χ4n) is 3.85. The van der Waals surface area contributed by atoms with Crippen molar-refractivity contribution < 1.29 is 4.39 Å². The third-order valence-electron chi connectivity index (χ3n) is 5.62.